The van der Waals surface area contributed by atoms with Crippen LogP contribution in [0.3, 0.4) is 0 Å². The summed E-state index contributed by atoms with van der Waals surface area (Å²) in [6.45, 7) is 1.82. The number of carbonyl (C=O) groups is 1. The van der Waals surface area contributed by atoms with Crippen LogP contribution < -0.4 is 5.56 Å². The molecule has 1 heterocycles. The van der Waals surface area contributed by atoms with Crippen molar-refractivity contribution in [1.82, 2.24) is 9.78 Å². The van der Waals surface area contributed by atoms with Crippen LogP contribution in [-0.2, 0) is 4.79 Å². The van der Waals surface area contributed by atoms with E-state index in [0.29, 0.717) is 6.42 Å². The van der Waals surface area contributed by atoms with E-state index >= 15 is 0 Å². The Labute approximate surface area is 87.9 Å². The average Bonchev–Trinajstić information content (AvgIpc) is 2.23. The molecule has 0 saturated heterocycles. The zero-order valence-electron chi connectivity index (χ0n) is 8.77. The fourth-order valence-corrected chi connectivity index (χ4v) is 1.97. The maximum atomic E-state index is 11.7. The molecule has 1 atom stereocenters. The van der Waals surface area contributed by atoms with Gasteiger partial charge in [-0.05, 0) is 25.8 Å². The van der Waals surface area contributed by atoms with E-state index in [4.69, 9.17) is 0 Å². The lowest BCUT2D eigenvalue weighted by Gasteiger charge is -2.21. The fourth-order valence-electron chi connectivity index (χ4n) is 1.97. The minimum atomic E-state index is -0.328. The normalized spacial score (nSPS) is 21.7. The standard InChI is InChI=1S/C11H14N2O2/c1-8-6-7-11(15)13(12-8)9-4-2-3-5-10(9)14/h6-7,9H,2-5H2,1H3. The number of rotatable bonds is 1. The maximum absolute atomic E-state index is 11.7. The van der Waals surface area contributed by atoms with Gasteiger partial charge in [-0.2, -0.15) is 5.10 Å². The van der Waals surface area contributed by atoms with Gasteiger partial charge in [0.1, 0.15) is 6.04 Å². The van der Waals surface area contributed by atoms with Gasteiger partial charge in [0, 0.05) is 12.5 Å². The zero-order valence-corrected chi connectivity index (χ0v) is 8.77. The molecule has 15 heavy (non-hydrogen) atoms. The van der Waals surface area contributed by atoms with Crippen molar-refractivity contribution in [3.05, 3.63) is 28.2 Å². The average molecular weight is 206 g/mol. The summed E-state index contributed by atoms with van der Waals surface area (Å²) in [5.74, 6) is 0.140. The third kappa shape index (κ3) is 1.98. The molecule has 0 spiro atoms. The summed E-state index contributed by atoms with van der Waals surface area (Å²) in [4.78, 5) is 23.2. The Kier molecular flexibility index (Phi) is 2.66. The molecule has 4 heteroatoms. The molecule has 4 nitrogen and oxygen atoms in total. The summed E-state index contributed by atoms with van der Waals surface area (Å²) < 4.78 is 1.34. The third-order valence-electron chi connectivity index (χ3n) is 2.78. The summed E-state index contributed by atoms with van der Waals surface area (Å²) in [5, 5.41) is 4.13. The highest BCUT2D eigenvalue weighted by molar-refractivity contribution is 5.83. The largest absolute Gasteiger partial charge is 0.297 e. The lowest BCUT2D eigenvalue weighted by Crippen LogP contribution is -2.33. The van der Waals surface area contributed by atoms with Crippen molar-refractivity contribution in [2.24, 2.45) is 0 Å². The number of nitrogens with zero attached hydrogens (tertiary/aromatic N) is 2. The molecule has 2 rings (SSSR count). The Morgan fingerprint density at radius 3 is 2.87 bits per heavy atom. The number of Topliss-reactive ketones (excluding diaryl/α,β-unsaturated/α-hetero) is 1. The van der Waals surface area contributed by atoms with Crippen LogP contribution in [0.2, 0.25) is 0 Å². The third-order valence-corrected chi connectivity index (χ3v) is 2.78. The number of carbonyl (C=O) groups excluding carboxylic acids is 1. The van der Waals surface area contributed by atoms with Crippen LogP contribution in [0, 0.1) is 6.92 Å². The molecule has 1 aliphatic carbocycles. The van der Waals surface area contributed by atoms with E-state index in [1.165, 1.54) is 10.7 Å². The molecule has 1 aliphatic rings. The van der Waals surface area contributed by atoms with E-state index in [0.717, 1.165) is 25.0 Å². The van der Waals surface area contributed by atoms with Crippen LogP contribution in [0.15, 0.2) is 16.9 Å². The van der Waals surface area contributed by atoms with E-state index in [9.17, 15) is 9.59 Å². The Balaban J connectivity index is 2.39. The molecule has 0 aliphatic heterocycles. The molecule has 1 fully saturated rings. The number of aryl methyl sites for hydroxylation is 1. The summed E-state index contributed by atoms with van der Waals surface area (Å²) in [5.41, 5.74) is 0.592. The van der Waals surface area contributed by atoms with Gasteiger partial charge in [0.05, 0.1) is 5.69 Å². The number of ketones is 1. The van der Waals surface area contributed by atoms with Gasteiger partial charge in [0.25, 0.3) is 5.56 Å². The van der Waals surface area contributed by atoms with Crippen LogP contribution in [0.25, 0.3) is 0 Å². The summed E-state index contributed by atoms with van der Waals surface area (Å²) in [6.07, 6.45) is 3.26. The molecular weight excluding hydrogens is 192 g/mol. The Morgan fingerprint density at radius 2 is 2.13 bits per heavy atom. The van der Waals surface area contributed by atoms with Crippen molar-refractivity contribution in [2.75, 3.05) is 0 Å². The van der Waals surface area contributed by atoms with Gasteiger partial charge in [0.2, 0.25) is 0 Å². The fraction of sp³-hybridized carbons (Fsp3) is 0.545. The SMILES string of the molecule is Cc1ccc(=O)n(C2CCCCC2=O)n1. The van der Waals surface area contributed by atoms with Crippen LogP contribution in [0.5, 0.6) is 0 Å². The second-order valence-corrected chi connectivity index (χ2v) is 3.99. The van der Waals surface area contributed by atoms with E-state index in [-0.39, 0.29) is 17.4 Å². The minimum Gasteiger partial charge on any atom is -0.297 e. The summed E-state index contributed by atoms with van der Waals surface area (Å²) in [7, 11) is 0. The molecule has 0 radical (unpaired) electrons. The van der Waals surface area contributed by atoms with Crippen LogP contribution in [0.4, 0.5) is 0 Å². The number of aromatic nitrogens is 2. The van der Waals surface area contributed by atoms with Gasteiger partial charge in [0.15, 0.2) is 5.78 Å². The van der Waals surface area contributed by atoms with E-state index < -0.39 is 0 Å². The van der Waals surface area contributed by atoms with Crippen molar-refractivity contribution in [3.63, 3.8) is 0 Å². The lowest BCUT2D eigenvalue weighted by atomic mass is 9.94. The van der Waals surface area contributed by atoms with Gasteiger partial charge < -0.3 is 0 Å². The van der Waals surface area contributed by atoms with Gasteiger partial charge in [-0.3, -0.25) is 9.59 Å². The maximum Gasteiger partial charge on any atom is 0.267 e. The highest BCUT2D eigenvalue weighted by atomic mass is 16.1. The first-order valence-corrected chi connectivity index (χ1v) is 5.27. The van der Waals surface area contributed by atoms with Gasteiger partial charge in [-0.25, -0.2) is 4.68 Å². The quantitative estimate of drug-likeness (QED) is 0.694. The minimum absolute atomic E-state index is 0.140. The van der Waals surface area contributed by atoms with Crippen molar-refractivity contribution in [3.8, 4) is 0 Å². The van der Waals surface area contributed by atoms with Crippen molar-refractivity contribution >= 4 is 5.78 Å². The second-order valence-electron chi connectivity index (χ2n) is 3.99. The molecule has 1 aromatic heterocycles. The molecule has 1 unspecified atom stereocenters. The molecule has 0 N–H and O–H groups in total. The lowest BCUT2D eigenvalue weighted by molar-refractivity contribution is -0.124. The first kappa shape index (κ1) is 10.1. The van der Waals surface area contributed by atoms with Gasteiger partial charge in [-0.1, -0.05) is 6.42 Å². The number of hydrogen-bond acceptors (Lipinski definition) is 3. The van der Waals surface area contributed by atoms with Gasteiger partial charge >= 0.3 is 0 Å². The summed E-state index contributed by atoms with van der Waals surface area (Å²) in [6, 6.07) is 2.82. The van der Waals surface area contributed by atoms with Crippen molar-refractivity contribution in [1.29, 1.82) is 0 Å². The van der Waals surface area contributed by atoms with E-state index in [1.54, 1.807) is 6.07 Å². The first-order valence-electron chi connectivity index (χ1n) is 5.27. The van der Waals surface area contributed by atoms with Crippen LogP contribution >= 0.6 is 0 Å². The Morgan fingerprint density at radius 1 is 1.33 bits per heavy atom. The first-order chi connectivity index (χ1) is 7.18. The van der Waals surface area contributed by atoms with Crippen molar-refractivity contribution < 1.29 is 4.79 Å². The monoisotopic (exact) mass is 206 g/mol. The number of hydrogen-bond donors (Lipinski definition) is 0. The topological polar surface area (TPSA) is 52.0 Å². The highest BCUT2D eigenvalue weighted by Crippen LogP contribution is 2.22. The van der Waals surface area contributed by atoms with E-state index in [1.807, 2.05) is 6.92 Å². The highest BCUT2D eigenvalue weighted by Gasteiger charge is 2.25. The molecule has 0 aromatic carbocycles. The van der Waals surface area contributed by atoms with Crippen LogP contribution in [0.1, 0.15) is 37.4 Å². The predicted molar refractivity (Wildman–Crippen MR) is 55.7 cm³/mol. The van der Waals surface area contributed by atoms with Crippen molar-refractivity contribution in [2.45, 2.75) is 38.6 Å². The second kappa shape index (κ2) is 3.96. The molecule has 1 saturated carbocycles. The predicted octanol–water partition coefficient (Wildman–Crippen LogP) is 1.24. The molecule has 0 bridgehead atoms. The van der Waals surface area contributed by atoms with Crippen LogP contribution in [-0.4, -0.2) is 15.6 Å². The molecule has 0 amide bonds. The molecule has 1 aromatic rings. The Bertz CT molecular complexity index is 436. The van der Waals surface area contributed by atoms with E-state index in [2.05, 4.69) is 5.10 Å². The smallest absolute Gasteiger partial charge is 0.267 e. The Hall–Kier alpha value is -1.45. The molecular formula is C11H14N2O2. The molecule has 80 valence electrons. The zero-order chi connectivity index (χ0) is 10.8. The van der Waals surface area contributed by atoms with Gasteiger partial charge in [-0.15, -0.1) is 0 Å². The summed E-state index contributed by atoms with van der Waals surface area (Å²) >= 11 is 0.